The van der Waals surface area contributed by atoms with Crippen LogP contribution in [0.25, 0.3) is 11.0 Å². The summed E-state index contributed by atoms with van der Waals surface area (Å²) >= 11 is 1.04. The van der Waals surface area contributed by atoms with Crippen molar-refractivity contribution in [3.63, 3.8) is 0 Å². The standard InChI is InChI=1S/C17H12N4O4S/c18-8-11-4-1-2-7-14(11)24-10-16(23)25-9-15(22)19-12-5-3-6-13-17(12)21-26-20-13/h1-7H,9-10H2,(H,19,22). The number of carbonyl (C=O) groups excluding carboxylic acids is 2. The van der Waals surface area contributed by atoms with Crippen LogP contribution < -0.4 is 10.1 Å². The molecule has 2 aromatic carbocycles. The third-order valence-corrected chi connectivity index (χ3v) is 3.82. The average molecular weight is 368 g/mol. The van der Waals surface area contributed by atoms with Crippen LogP contribution in [0.2, 0.25) is 0 Å². The van der Waals surface area contributed by atoms with Crippen molar-refractivity contribution in [2.45, 2.75) is 0 Å². The summed E-state index contributed by atoms with van der Waals surface area (Å²) < 4.78 is 18.3. The monoisotopic (exact) mass is 368 g/mol. The number of anilines is 1. The van der Waals surface area contributed by atoms with Crippen LogP contribution in [0.4, 0.5) is 5.69 Å². The summed E-state index contributed by atoms with van der Waals surface area (Å²) in [6.45, 7) is -0.867. The first kappa shape index (κ1) is 17.3. The minimum atomic E-state index is -0.721. The fraction of sp³-hybridized carbons (Fsp3) is 0.118. The Hall–Kier alpha value is -3.51. The Morgan fingerprint density at radius 2 is 1.96 bits per heavy atom. The van der Waals surface area contributed by atoms with Crippen LogP contribution in [0.15, 0.2) is 42.5 Å². The number of rotatable bonds is 6. The Morgan fingerprint density at radius 1 is 1.12 bits per heavy atom. The number of nitrogens with one attached hydrogen (secondary N) is 1. The SMILES string of the molecule is N#Cc1ccccc1OCC(=O)OCC(=O)Nc1cccc2nsnc12. The molecule has 1 heterocycles. The molecule has 0 bridgehead atoms. The van der Waals surface area contributed by atoms with E-state index in [9.17, 15) is 9.59 Å². The summed E-state index contributed by atoms with van der Waals surface area (Å²) in [5, 5.41) is 11.6. The minimum absolute atomic E-state index is 0.277. The molecular formula is C17H12N4O4S. The lowest BCUT2D eigenvalue weighted by Gasteiger charge is -2.08. The fourth-order valence-corrected chi connectivity index (χ4v) is 2.65. The zero-order chi connectivity index (χ0) is 18.4. The molecule has 0 aliphatic rings. The first-order chi connectivity index (χ1) is 12.7. The van der Waals surface area contributed by atoms with Gasteiger partial charge in [-0.05, 0) is 24.3 Å². The maximum absolute atomic E-state index is 11.9. The number of hydrogen-bond donors (Lipinski definition) is 1. The van der Waals surface area contributed by atoms with E-state index in [2.05, 4.69) is 14.1 Å². The normalized spacial score (nSPS) is 10.1. The van der Waals surface area contributed by atoms with Gasteiger partial charge < -0.3 is 14.8 Å². The highest BCUT2D eigenvalue weighted by Crippen LogP contribution is 2.21. The first-order valence-electron chi connectivity index (χ1n) is 7.46. The number of nitriles is 1. The van der Waals surface area contributed by atoms with Crippen molar-refractivity contribution < 1.29 is 19.1 Å². The molecule has 3 rings (SSSR count). The van der Waals surface area contributed by atoms with E-state index in [1.165, 1.54) is 0 Å². The lowest BCUT2D eigenvalue weighted by molar-refractivity contribution is -0.149. The second-order valence-electron chi connectivity index (χ2n) is 5.04. The number of hydrogen-bond acceptors (Lipinski definition) is 8. The van der Waals surface area contributed by atoms with E-state index in [-0.39, 0.29) is 5.75 Å². The number of benzene rings is 2. The molecule has 1 aromatic heterocycles. The molecule has 0 saturated carbocycles. The van der Waals surface area contributed by atoms with Crippen molar-refractivity contribution in [1.29, 1.82) is 5.26 Å². The summed E-state index contributed by atoms with van der Waals surface area (Å²) in [6, 6.07) is 13.7. The van der Waals surface area contributed by atoms with E-state index in [0.29, 0.717) is 22.3 Å². The summed E-state index contributed by atoms with van der Waals surface area (Å²) in [5.74, 6) is -0.947. The zero-order valence-corrected chi connectivity index (χ0v) is 14.2. The molecule has 0 fully saturated rings. The fourth-order valence-electron chi connectivity index (χ4n) is 2.10. The van der Waals surface area contributed by atoms with E-state index in [0.717, 1.165) is 11.7 Å². The summed E-state index contributed by atoms with van der Waals surface area (Å²) in [7, 11) is 0. The smallest absolute Gasteiger partial charge is 0.344 e. The molecule has 9 heteroatoms. The Kier molecular flexibility index (Phi) is 5.36. The highest BCUT2D eigenvalue weighted by atomic mass is 32.1. The molecule has 1 N–H and O–H groups in total. The molecule has 0 radical (unpaired) electrons. The molecule has 0 aliphatic carbocycles. The first-order valence-corrected chi connectivity index (χ1v) is 8.19. The van der Waals surface area contributed by atoms with Gasteiger partial charge in [0.15, 0.2) is 13.2 Å². The van der Waals surface area contributed by atoms with E-state index in [1.807, 2.05) is 6.07 Å². The van der Waals surface area contributed by atoms with Crippen molar-refractivity contribution >= 4 is 40.3 Å². The van der Waals surface area contributed by atoms with E-state index >= 15 is 0 Å². The van der Waals surface area contributed by atoms with Crippen LogP contribution in [0.1, 0.15) is 5.56 Å². The van der Waals surface area contributed by atoms with Gasteiger partial charge in [0.25, 0.3) is 5.91 Å². The van der Waals surface area contributed by atoms with Crippen molar-refractivity contribution in [2.75, 3.05) is 18.5 Å². The Morgan fingerprint density at radius 3 is 2.81 bits per heavy atom. The van der Waals surface area contributed by atoms with E-state index in [1.54, 1.807) is 42.5 Å². The Bertz CT molecular complexity index is 996. The largest absolute Gasteiger partial charge is 0.481 e. The quantitative estimate of drug-likeness (QED) is 0.663. The van der Waals surface area contributed by atoms with Gasteiger partial charge in [-0.25, -0.2) is 4.79 Å². The highest BCUT2D eigenvalue weighted by molar-refractivity contribution is 7.00. The Labute approximate surface area is 152 Å². The van der Waals surface area contributed by atoms with Crippen LogP contribution in [0.5, 0.6) is 5.75 Å². The van der Waals surface area contributed by atoms with Gasteiger partial charge in [0.1, 0.15) is 22.9 Å². The molecule has 26 heavy (non-hydrogen) atoms. The number of amides is 1. The summed E-state index contributed by atoms with van der Waals surface area (Å²) in [6.07, 6.45) is 0. The van der Waals surface area contributed by atoms with Crippen molar-refractivity contribution in [1.82, 2.24) is 8.75 Å². The molecule has 0 aliphatic heterocycles. The topological polar surface area (TPSA) is 114 Å². The molecule has 130 valence electrons. The molecule has 8 nitrogen and oxygen atoms in total. The minimum Gasteiger partial charge on any atom is -0.481 e. The number of carbonyl (C=O) groups is 2. The number of esters is 1. The van der Waals surface area contributed by atoms with Crippen molar-refractivity contribution in [2.24, 2.45) is 0 Å². The van der Waals surface area contributed by atoms with Gasteiger partial charge >= 0.3 is 5.97 Å². The van der Waals surface area contributed by atoms with Gasteiger partial charge in [-0.1, -0.05) is 18.2 Å². The van der Waals surface area contributed by atoms with Crippen LogP contribution in [0.3, 0.4) is 0 Å². The van der Waals surface area contributed by atoms with E-state index < -0.39 is 25.1 Å². The number of aromatic nitrogens is 2. The molecule has 0 spiro atoms. The Balaban J connectivity index is 1.49. The molecule has 3 aromatic rings. The summed E-state index contributed by atoms with van der Waals surface area (Å²) in [4.78, 5) is 23.7. The number of ether oxygens (including phenoxy) is 2. The van der Waals surface area contributed by atoms with Crippen molar-refractivity contribution in [3.05, 3.63) is 48.0 Å². The van der Waals surface area contributed by atoms with Crippen LogP contribution in [-0.4, -0.2) is 33.8 Å². The molecule has 0 unspecified atom stereocenters. The average Bonchev–Trinajstić information content (AvgIpc) is 3.15. The molecular weight excluding hydrogens is 356 g/mol. The molecule has 1 amide bonds. The molecule has 0 atom stereocenters. The maximum atomic E-state index is 11.9. The predicted molar refractivity (Wildman–Crippen MR) is 93.7 cm³/mol. The van der Waals surface area contributed by atoms with Gasteiger partial charge in [-0.2, -0.15) is 14.0 Å². The number of fused-ring (bicyclic) bond motifs is 1. The van der Waals surface area contributed by atoms with Gasteiger partial charge in [-0.3, -0.25) is 4.79 Å². The number of para-hydroxylation sites is 1. The van der Waals surface area contributed by atoms with Gasteiger partial charge in [0.05, 0.1) is 23.0 Å². The van der Waals surface area contributed by atoms with Crippen LogP contribution >= 0.6 is 11.7 Å². The van der Waals surface area contributed by atoms with Crippen LogP contribution in [0, 0.1) is 11.3 Å². The summed E-state index contributed by atoms with van der Waals surface area (Å²) in [5.41, 5.74) is 2.06. The second-order valence-corrected chi connectivity index (χ2v) is 5.57. The third-order valence-electron chi connectivity index (χ3n) is 3.28. The lowest BCUT2D eigenvalue weighted by Crippen LogP contribution is -2.23. The van der Waals surface area contributed by atoms with Gasteiger partial charge in [-0.15, -0.1) is 0 Å². The molecule has 0 saturated heterocycles. The maximum Gasteiger partial charge on any atom is 0.344 e. The second kappa shape index (κ2) is 8.04. The van der Waals surface area contributed by atoms with Gasteiger partial charge in [0, 0.05) is 0 Å². The van der Waals surface area contributed by atoms with E-state index in [4.69, 9.17) is 14.7 Å². The lowest BCUT2D eigenvalue weighted by atomic mass is 10.2. The van der Waals surface area contributed by atoms with Crippen molar-refractivity contribution in [3.8, 4) is 11.8 Å². The third kappa shape index (κ3) is 4.12. The number of nitrogens with zero attached hydrogens (tertiary/aromatic N) is 3. The highest BCUT2D eigenvalue weighted by Gasteiger charge is 2.12. The predicted octanol–water partition coefficient (Wildman–Crippen LogP) is 2.12. The van der Waals surface area contributed by atoms with Gasteiger partial charge in [0.2, 0.25) is 0 Å². The zero-order valence-electron chi connectivity index (χ0n) is 13.3. The van der Waals surface area contributed by atoms with Crippen LogP contribution in [-0.2, 0) is 14.3 Å².